The minimum Gasteiger partial charge on any atom is -0.493 e. The smallest absolute Gasteiger partial charge is 0.405 e. The van der Waals surface area contributed by atoms with Crippen molar-refractivity contribution in [1.82, 2.24) is 5.32 Å². The SMILES string of the molecule is C=CCOc1ccc(C(=O)Nc2cc(C(=O)NCC(F)(F)F)ccc2C)cc1OC. The van der Waals surface area contributed by atoms with Crippen molar-refractivity contribution in [1.29, 1.82) is 0 Å². The topological polar surface area (TPSA) is 76.7 Å². The van der Waals surface area contributed by atoms with Gasteiger partial charge in [0.2, 0.25) is 0 Å². The first kappa shape index (κ1) is 22.8. The second kappa shape index (κ2) is 9.82. The van der Waals surface area contributed by atoms with Crippen LogP contribution in [-0.4, -0.2) is 38.3 Å². The van der Waals surface area contributed by atoms with Crippen molar-refractivity contribution in [3.8, 4) is 11.5 Å². The number of carbonyl (C=O) groups excluding carboxylic acids is 2. The van der Waals surface area contributed by atoms with Gasteiger partial charge in [-0.25, -0.2) is 0 Å². The second-order valence-corrected chi connectivity index (χ2v) is 6.25. The molecule has 30 heavy (non-hydrogen) atoms. The predicted octanol–water partition coefficient (Wildman–Crippen LogP) is 4.11. The molecule has 0 spiro atoms. The second-order valence-electron chi connectivity index (χ2n) is 6.25. The van der Waals surface area contributed by atoms with E-state index >= 15 is 0 Å². The van der Waals surface area contributed by atoms with Gasteiger partial charge in [-0.2, -0.15) is 13.2 Å². The summed E-state index contributed by atoms with van der Waals surface area (Å²) in [5, 5.41) is 4.45. The lowest BCUT2D eigenvalue weighted by molar-refractivity contribution is -0.123. The zero-order valence-electron chi connectivity index (χ0n) is 16.4. The summed E-state index contributed by atoms with van der Waals surface area (Å²) in [6, 6.07) is 8.83. The number of methoxy groups -OCH3 is 1. The number of hydrogen-bond acceptors (Lipinski definition) is 4. The highest BCUT2D eigenvalue weighted by atomic mass is 19.4. The summed E-state index contributed by atoms with van der Waals surface area (Å²) in [5.74, 6) is -0.595. The van der Waals surface area contributed by atoms with E-state index in [1.165, 1.54) is 37.4 Å². The normalized spacial score (nSPS) is 10.8. The van der Waals surface area contributed by atoms with Crippen LogP contribution in [0, 0.1) is 6.92 Å². The molecule has 0 bridgehead atoms. The Morgan fingerprint density at radius 1 is 1.07 bits per heavy atom. The Balaban J connectivity index is 2.18. The highest BCUT2D eigenvalue weighted by Crippen LogP contribution is 2.29. The first-order valence-electron chi connectivity index (χ1n) is 8.83. The van der Waals surface area contributed by atoms with Gasteiger partial charge in [-0.05, 0) is 42.8 Å². The molecular formula is C21H21F3N2O4. The molecule has 0 aromatic heterocycles. The van der Waals surface area contributed by atoms with E-state index in [2.05, 4.69) is 11.9 Å². The van der Waals surface area contributed by atoms with Crippen LogP contribution in [0.1, 0.15) is 26.3 Å². The fourth-order valence-electron chi connectivity index (χ4n) is 2.45. The first-order valence-corrected chi connectivity index (χ1v) is 8.83. The Morgan fingerprint density at radius 2 is 1.73 bits per heavy atom. The number of aryl methyl sites for hydroxylation is 1. The number of nitrogens with one attached hydrogen (secondary N) is 2. The number of anilines is 1. The number of amides is 2. The highest BCUT2D eigenvalue weighted by molar-refractivity contribution is 6.06. The van der Waals surface area contributed by atoms with E-state index in [0.717, 1.165) is 0 Å². The van der Waals surface area contributed by atoms with E-state index in [4.69, 9.17) is 9.47 Å². The van der Waals surface area contributed by atoms with Gasteiger partial charge in [0.05, 0.1) is 7.11 Å². The molecule has 0 aliphatic rings. The van der Waals surface area contributed by atoms with Crippen LogP contribution in [0.25, 0.3) is 0 Å². The van der Waals surface area contributed by atoms with Gasteiger partial charge < -0.3 is 20.1 Å². The molecule has 2 rings (SSSR count). The van der Waals surface area contributed by atoms with Crippen molar-refractivity contribution >= 4 is 17.5 Å². The van der Waals surface area contributed by atoms with E-state index in [0.29, 0.717) is 22.7 Å². The van der Waals surface area contributed by atoms with E-state index in [1.54, 1.807) is 24.4 Å². The van der Waals surface area contributed by atoms with Gasteiger partial charge in [0.1, 0.15) is 13.2 Å². The lowest BCUT2D eigenvalue weighted by Gasteiger charge is -2.13. The number of rotatable bonds is 8. The van der Waals surface area contributed by atoms with Gasteiger partial charge in [-0.15, -0.1) is 0 Å². The highest BCUT2D eigenvalue weighted by Gasteiger charge is 2.28. The van der Waals surface area contributed by atoms with Crippen LogP contribution in [0.5, 0.6) is 11.5 Å². The van der Waals surface area contributed by atoms with E-state index in [9.17, 15) is 22.8 Å². The van der Waals surface area contributed by atoms with Crippen LogP contribution >= 0.6 is 0 Å². The van der Waals surface area contributed by atoms with Crippen molar-refractivity contribution in [3.63, 3.8) is 0 Å². The third-order valence-electron chi connectivity index (χ3n) is 3.98. The van der Waals surface area contributed by atoms with Crippen molar-refractivity contribution in [2.75, 3.05) is 25.6 Å². The van der Waals surface area contributed by atoms with Crippen molar-refractivity contribution in [2.45, 2.75) is 13.1 Å². The van der Waals surface area contributed by atoms with Crippen LogP contribution < -0.4 is 20.1 Å². The molecule has 160 valence electrons. The molecule has 0 unspecified atom stereocenters. The molecule has 9 heteroatoms. The number of hydrogen-bond donors (Lipinski definition) is 2. The predicted molar refractivity (Wildman–Crippen MR) is 106 cm³/mol. The standard InChI is InChI=1S/C21H21F3N2O4/c1-4-9-30-17-8-7-15(11-18(17)29-3)20(28)26-16-10-14(6-5-13(16)2)19(27)25-12-21(22,23)24/h4-8,10-11H,1,9,12H2,2-3H3,(H,25,27)(H,26,28). The van der Waals surface area contributed by atoms with E-state index in [-0.39, 0.29) is 17.7 Å². The molecule has 0 saturated carbocycles. The zero-order valence-corrected chi connectivity index (χ0v) is 16.4. The molecule has 0 atom stereocenters. The fourth-order valence-corrected chi connectivity index (χ4v) is 2.45. The molecule has 2 N–H and O–H groups in total. The van der Waals surface area contributed by atoms with Crippen LogP contribution in [0.15, 0.2) is 49.1 Å². The number of ether oxygens (including phenoxy) is 2. The Kier molecular flexibility index (Phi) is 7.46. The summed E-state index contributed by atoms with van der Waals surface area (Å²) < 4.78 is 47.6. The van der Waals surface area contributed by atoms with Crippen molar-refractivity contribution in [2.24, 2.45) is 0 Å². The molecule has 2 aromatic rings. The van der Waals surface area contributed by atoms with Crippen molar-refractivity contribution in [3.05, 3.63) is 65.7 Å². The summed E-state index contributed by atoms with van der Waals surface area (Å²) in [4.78, 5) is 24.6. The molecule has 0 heterocycles. The van der Waals surface area contributed by atoms with Crippen LogP contribution in [0.3, 0.4) is 0 Å². The molecule has 2 aromatic carbocycles. The van der Waals surface area contributed by atoms with Gasteiger partial charge in [-0.1, -0.05) is 18.7 Å². The molecule has 0 radical (unpaired) electrons. The third kappa shape index (κ3) is 6.26. The van der Waals surface area contributed by atoms with Crippen LogP contribution in [0.2, 0.25) is 0 Å². The van der Waals surface area contributed by atoms with Crippen LogP contribution in [0.4, 0.5) is 18.9 Å². The van der Waals surface area contributed by atoms with Gasteiger partial charge in [0.15, 0.2) is 11.5 Å². The zero-order chi connectivity index (χ0) is 22.3. The molecule has 0 aliphatic heterocycles. The number of alkyl halides is 3. The summed E-state index contributed by atoms with van der Waals surface area (Å²) in [5.41, 5.74) is 1.19. The maximum Gasteiger partial charge on any atom is 0.405 e. The van der Waals surface area contributed by atoms with E-state index < -0.39 is 24.5 Å². The third-order valence-corrected chi connectivity index (χ3v) is 3.98. The maximum absolute atomic E-state index is 12.6. The molecule has 2 amide bonds. The number of halogens is 3. The number of benzene rings is 2. The average Bonchev–Trinajstić information content (AvgIpc) is 2.71. The summed E-state index contributed by atoms with van der Waals surface area (Å²) in [7, 11) is 1.44. The van der Waals surface area contributed by atoms with E-state index in [1.807, 2.05) is 0 Å². The largest absolute Gasteiger partial charge is 0.493 e. The molecule has 0 aliphatic carbocycles. The quantitative estimate of drug-likeness (QED) is 0.628. The van der Waals surface area contributed by atoms with Crippen LogP contribution in [-0.2, 0) is 0 Å². The molecular weight excluding hydrogens is 401 g/mol. The minimum atomic E-state index is -4.52. The Hall–Kier alpha value is -3.49. The monoisotopic (exact) mass is 422 g/mol. The summed E-state index contributed by atoms with van der Waals surface area (Å²) in [6.45, 7) is 4.08. The van der Waals surface area contributed by atoms with Gasteiger partial charge in [0, 0.05) is 16.8 Å². The number of carbonyl (C=O) groups is 2. The lowest BCUT2D eigenvalue weighted by atomic mass is 10.1. The Morgan fingerprint density at radius 3 is 2.37 bits per heavy atom. The minimum absolute atomic E-state index is 0.00842. The summed E-state index contributed by atoms with van der Waals surface area (Å²) >= 11 is 0. The molecule has 0 fully saturated rings. The lowest BCUT2D eigenvalue weighted by Crippen LogP contribution is -2.33. The first-order chi connectivity index (χ1) is 14.1. The van der Waals surface area contributed by atoms with Gasteiger partial charge >= 0.3 is 6.18 Å². The average molecular weight is 422 g/mol. The molecule has 6 nitrogen and oxygen atoms in total. The fraction of sp³-hybridized carbons (Fsp3) is 0.238. The van der Waals surface area contributed by atoms with Crippen molar-refractivity contribution < 1.29 is 32.2 Å². The van der Waals surface area contributed by atoms with Gasteiger partial charge in [0.25, 0.3) is 11.8 Å². The Labute approximate surface area is 171 Å². The van der Waals surface area contributed by atoms with Gasteiger partial charge in [-0.3, -0.25) is 9.59 Å². The maximum atomic E-state index is 12.6. The Bertz CT molecular complexity index is 942. The molecule has 0 saturated heterocycles. The summed E-state index contributed by atoms with van der Waals surface area (Å²) in [6.07, 6.45) is -2.95.